The van der Waals surface area contributed by atoms with Crippen molar-refractivity contribution in [3.63, 3.8) is 0 Å². The maximum atomic E-state index is 12.8. The third-order valence-corrected chi connectivity index (χ3v) is 6.03. The smallest absolute Gasteiger partial charge is 0.222 e. The van der Waals surface area contributed by atoms with Crippen LogP contribution in [0.2, 0.25) is 5.02 Å². The van der Waals surface area contributed by atoms with E-state index >= 15 is 0 Å². The van der Waals surface area contributed by atoms with Crippen molar-refractivity contribution in [3.8, 4) is 0 Å². The Hall–Kier alpha value is -1.74. The maximum Gasteiger partial charge on any atom is 0.222 e. The summed E-state index contributed by atoms with van der Waals surface area (Å²) in [6.45, 7) is 4.37. The van der Waals surface area contributed by atoms with E-state index in [1.54, 1.807) is 0 Å². The highest BCUT2D eigenvalue weighted by Gasteiger charge is 2.19. The van der Waals surface area contributed by atoms with Crippen LogP contribution in [0.15, 0.2) is 42.6 Å². The average molecular weight is 387 g/mol. The molecule has 27 heavy (non-hydrogen) atoms. The van der Waals surface area contributed by atoms with Crippen LogP contribution in [0.5, 0.6) is 0 Å². The van der Waals surface area contributed by atoms with Crippen LogP contribution in [-0.2, 0) is 17.9 Å². The van der Waals surface area contributed by atoms with Crippen molar-refractivity contribution < 1.29 is 4.79 Å². The zero-order chi connectivity index (χ0) is 19.1. The summed E-state index contributed by atoms with van der Waals surface area (Å²) in [6, 6.07) is 12.1. The molecule has 1 aliphatic rings. The molecule has 0 unspecified atom stereocenters. The zero-order valence-corrected chi connectivity index (χ0v) is 17.1. The second-order valence-electron chi connectivity index (χ2n) is 7.72. The van der Waals surface area contributed by atoms with Crippen LogP contribution in [0.1, 0.15) is 63.1 Å². The van der Waals surface area contributed by atoms with Crippen LogP contribution in [0, 0.1) is 5.92 Å². The Morgan fingerprint density at radius 2 is 1.96 bits per heavy atom. The predicted molar refractivity (Wildman–Crippen MR) is 112 cm³/mol. The van der Waals surface area contributed by atoms with E-state index in [1.165, 1.54) is 25.7 Å². The molecule has 1 aromatic heterocycles. The standard InChI is InChI=1S/C23H31ClN2O/c1-2-15-26(23(27)14-13-19-8-3-4-9-19)18-21-11-7-16-25(21)17-20-10-5-6-12-22(20)24/h5-7,10-12,16,19H,2-4,8-9,13-15,17-18H2,1H3. The first kappa shape index (κ1) is 20.0. The minimum absolute atomic E-state index is 0.300. The number of nitrogens with zero attached hydrogens (tertiary/aromatic N) is 2. The number of carbonyl (C=O) groups excluding carboxylic acids is 1. The fourth-order valence-corrected chi connectivity index (χ4v) is 4.30. The summed E-state index contributed by atoms with van der Waals surface area (Å²) in [5.41, 5.74) is 2.27. The van der Waals surface area contributed by atoms with Gasteiger partial charge in [0, 0.05) is 36.4 Å². The normalized spacial score (nSPS) is 14.6. The van der Waals surface area contributed by atoms with Gasteiger partial charge in [-0.1, -0.05) is 62.4 Å². The zero-order valence-electron chi connectivity index (χ0n) is 16.4. The van der Waals surface area contributed by atoms with Gasteiger partial charge in [0.25, 0.3) is 0 Å². The van der Waals surface area contributed by atoms with Gasteiger partial charge in [-0.2, -0.15) is 0 Å². The molecule has 1 heterocycles. The Balaban J connectivity index is 1.63. The summed E-state index contributed by atoms with van der Waals surface area (Å²) in [7, 11) is 0. The van der Waals surface area contributed by atoms with Gasteiger partial charge in [0.15, 0.2) is 0 Å². The molecule has 0 spiro atoms. The van der Waals surface area contributed by atoms with Gasteiger partial charge in [-0.15, -0.1) is 0 Å². The van der Waals surface area contributed by atoms with E-state index in [2.05, 4.69) is 35.9 Å². The molecule has 0 bridgehead atoms. The van der Waals surface area contributed by atoms with Gasteiger partial charge in [0.1, 0.15) is 0 Å². The van der Waals surface area contributed by atoms with Crippen molar-refractivity contribution in [1.29, 1.82) is 0 Å². The molecule has 2 aromatic rings. The lowest BCUT2D eigenvalue weighted by molar-refractivity contribution is -0.132. The molecule has 4 heteroatoms. The molecule has 1 aromatic carbocycles. The quantitative estimate of drug-likeness (QED) is 0.526. The minimum Gasteiger partial charge on any atom is -0.345 e. The Labute approximate surface area is 168 Å². The van der Waals surface area contributed by atoms with Gasteiger partial charge < -0.3 is 9.47 Å². The van der Waals surface area contributed by atoms with Gasteiger partial charge in [-0.25, -0.2) is 0 Å². The molecule has 1 aliphatic carbocycles. The fraction of sp³-hybridized carbons (Fsp3) is 0.522. The van der Waals surface area contributed by atoms with Gasteiger partial charge in [0.05, 0.1) is 6.54 Å². The Morgan fingerprint density at radius 1 is 1.19 bits per heavy atom. The van der Waals surface area contributed by atoms with E-state index in [9.17, 15) is 4.79 Å². The lowest BCUT2D eigenvalue weighted by Gasteiger charge is -2.24. The Bertz CT molecular complexity index is 733. The fourth-order valence-electron chi connectivity index (χ4n) is 4.10. The van der Waals surface area contributed by atoms with Gasteiger partial charge in [0.2, 0.25) is 5.91 Å². The second kappa shape index (κ2) is 9.98. The van der Waals surface area contributed by atoms with Crippen LogP contribution in [0.4, 0.5) is 0 Å². The van der Waals surface area contributed by atoms with Crippen molar-refractivity contribution >= 4 is 17.5 Å². The minimum atomic E-state index is 0.300. The van der Waals surface area contributed by atoms with E-state index < -0.39 is 0 Å². The molecule has 146 valence electrons. The highest BCUT2D eigenvalue weighted by atomic mass is 35.5. The number of aromatic nitrogens is 1. The largest absolute Gasteiger partial charge is 0.345 e. The van der Waals surface area contributed by atoms with Crippen LogP contribution >= 0.6 is 11.6 Å². The molecule has 1 amide bonds. The number of hydrogen-bond donors (Lipinski definition) is 0. The summed E-state index contributed by atoms with van der Waals surface area (Å²) >= 11 is 6.32. The topological polar surface area (TPSA) is 25.2 Å². The summed E-state index contributed by atoms with van der Waals surface area (Å²) in [5.74, 6) is 1.07. The van der Waals surface area contributed by atoms with Crippen LogP contribution in [0.25, 0.3) is 0 Å². The third-order valence-electron chi connectivity index (χ3n) is 5.66. The Kier molecular flexibility index (Phi) is 7.40. The monoisotopic (exact) mass is 386 g/mol. The van der Waals surface area contributed by atoms with Crippen molar-refractivity contribution in [1.82, 2.24) is 9.47 Å². The molecule has 0 saturated heterocycles. The lowest BCUT2D eigenvalue weighted by Crippen LogP contribution is -2.32. The van der Waals surface area contributed by atoms with Gasteiger partial charge >= 0.3 is 0 Å². The molecule has 0 N–H and O–H groups in total. The molecule has 0 radical (unpaired) electrons. The average Bonchev–Trinajstić information content (AvgIpc) is 3.33. The van der Waals surface area contributed by atoms with Gasteiger partial charge in [-0.3, -0.25) is 4.79 Å². The highest BCUT2D eigenvalue weighted by molar-refractivity contribution is 6.31. The molecular weight excluding hydrogens is 356 g/mol. The number of benzene rings is 1. The molecule has 1 saturated carbocycles. The van der Waals surface area contributed by atoms with Crippen molar-refractivity contribution in [2.24, 2.45) is 5.92 Å². The number of rotatable bonds is 9. The maximum absolute atomic E-state index is 12.8. The summed E-state index contributed by atoms with van der Waals surface area (Å²) < 4.78 is 2.20. The summed E-state index contributed by atoms with van der Waals surface area (Å²) in [5, 5.41) is 0.787. The van der Waals surface area contributed by atoms with E-state index in [0.717, 1.165) is 48.1 Å². The number of hydrogen-bond acceptors (Lipinski definition) is 1. The van der Waals surface area contributed by atoms with E-state index in [1.807, 2.05) is 23.1 Å². The van der Waals surface area contributed by atoms with Gasteiger partial charge in [-0.05, 0) is 42.5 Å². The van der Waals surface area contributed by atoms with E-state index in [4.69, 9.17) is 11.6 Å². The number of halogens is 1. The molecular formula is C23H31ClN2O. The lowest BCUT2D eigenvalue weighted by atomic mass is 10.0. The third kappa shape index (κ3) is 5.62. The predicted octanol–water partition coefficient (Wildman–Crippen LogP) is 5.90. The first-order valence-electron chi connectivity index (χ1n) is 10.3. The van der Waals surface area contributed by atoms with E-state index in [-0.39, 0.29) is 0 Å². The van der Waals surface area contributed by atoms with Crippen molar-refractivity contribution in [3.05, 3.63) is 58.9 Å². The molecule has 0 aliphatic heterocycles. The number of carbonyl (C=O) groups is 1. The van der Waals surface area contributed by atoms with Crippen LogP contribution < -0.4 is 0 Å². The number of amides is 1. The van der Waals surface area contributed by atoms with Crippen LogP contribution in [0.3, 0.4) is 0 Å². The summed E-state index contributed by atoms with van der Waals surface area (Å²) in [4.78, 5) is 14.9. The summed E-state index contributed by atoms with van der Waals surface area (Å²) in [6.07, 6.45) is 10.1. The van der Waals surface area contributed by atoms with E-state index in [0.29, 0.717) is 18.9 Å². The Morgan fingerprint density at radius 3 is 2.70 bits per heavy atom. The SMILES string of the molecule is CCCN(Cc1cccn1Cc1ccccc1Cl)C(=O)CCC1CCCC1. The molecule has 3 rings (SSSR count). The van der Waals surface area contributed by atoms with Crippen LogP contribution in [-0.4, -0.2) is 21.9 Å². The molecule has 3 nitrogen and oxygen atoms in total. The highest BCUT2D eigenvalue weighted by Crippen LogP contribution is 2.29. The molecule has 0 atom stereocenters. The second-order valence-corrected chi connectivity index (χ2v) is 8.13. The first-order chi connectivity index (χ1) is 13.2. The molecule has 1 fully saturated rings. The van der Waals surface area contributed by atoms with Crippen molar-refractivity contribution in [2.75, 3.05) is 6.54 Å². The van der Waals surface area contributed by atoms with Crippen molar-refractivity contribution in [2.45, 2.75) is 65.0 Å². The first-order valence-corrected chi connectivity index (χ1v) is 10.7.